The third kappa shape index (κ3) is 1.95. The van der Waals surface area contributed by atoms with Crippen LogP contribution in [0, 0.1) is 5.82 Å². The van der Waals surface area contributed by atoms with Gasteiger partial charge in [-0.25, -0.2) is 4.39 Å². The Bertz CT molecular complexity index is 318. The number of halogens is 1. The van der Waals surface area contributed by atoms with Crippen molar-refractivity contribution in [2.75, 3.05) is 0 Å². The van der Waals surface area contributed by atoms with Gasteiger partial charge in [-0.15, -0.1) is 0 Å². The molecule has 0 aliphatic heterocycles. The summed E-state index contributed by atoms with van der Waals surface area (Å²) in [6, 6.07) is 6.79. The second-order valence-electron chi connectivity index (χ2n) is 4.17. The molecule has 0 unspecified atom stereocenters. The van der Waals surface area contributed by atoms with Crippen LogP contribution in [0.2, 0.25) is 0 Å². The smallest absolute Gasteiger partial charge is 0.126 e. The molecule has 14 heavy (non-hydrogen) atoms. The van der Waals surface area contributed by atoms with Gasteiger partial charge in [-0.1, -0.05) is 18.2 Å². The summed E-state index contributed by atoms with van der Waals surface area (Å²) in [5.74, 6) is -0.157. The predicted octanol–water partition coefficient (Wildman–Crippen LogP) is 2.67. The molecule has 0 spiro atoms. The lowest BCUT2D eigenvalue weighted by molar-refractivity contribution is -0.0398. The third-order valence-electron chi connectivity index (χ3n) is 3.10. The first-order valence-electron chi connectivity index (χ1n) is 5.15. The quantitative estimate of drug-likeness (QED) is 0.784. The van der Waals surface area contributed by atoms with Crippen LogP contribution in [0.3, 0.4) is 0 Å². The predicted molar refractivity (Wildman–Crippen MR) is 53.5 cm³/mol. The highest BCUT2D eigenvalue weighted by Crippen LogP contribution is 2.35. The van der Waals surface area contributed by atoms with Crippen LogP contribution in [0.5, 0.6) is 0 Å². The fourth-order valence-corrected chi connectivity index (χ4v) is 1.90. The Morgan fingerprint density at radius 2 is 2.00 bits per heavy atom. The van der Waals surface area contributed by atoms with E-state index in [0.29, 0.717) is 18.4 Å². The van der Waals surface area contributed by atoms with Crippen LogP contribution in [0.1, 0.15) is 31.2 Å². The lowest BCUT2D eigenvalue weighted by Crippen LogP contribution is -2.37. The van der Waals surface area contributed by atoms with Crippen LogP contribution in [0.15, 0.2) is 24.3 Å². The van der Waals surface area contributed by atoms with Crippen molar-refractivity contribution in [3.05, 3.63) is 35.6 Å². The highest BCUT2D eigenvalue weighted by Gasteiger charge is 2.33. The second kappa shape index (κ2) is 3.70. The Morgan fingerprint density at radius 1 is 1.29 bits per heavy atom. The van der Waals surface area contributed by atoms with Crippen molar-refractivity contribution in [3.63, 3.8) is 0 Å². The van der Waals surface area contributed by atoms with E-state index in [2.05, 4.69) is 0 Å². The van der Waals surface area contributed by atoms with Gasteiger partial charge in [-0.3, -0.25) is 0 Å². The van der Waals surface area contributed by atoms with E-state index in [9.17, 15) is 9.50 Å². The summed E-state index contributed by atoms with van der Waals surface area (Å²) in [5, 5.41) is 9.84. The van der Waals surface area contributed by atoms with Crippen molar-refractivity contribution in [1.82, 2.24) is 0 Å². The summed E-state index contributed by atoms with van der Waals surface area (Å²) in [7, 11) is 0. The summed E-state index contributed by atoms with van der Waals surface area (Å²) in [6.45, 7) is 0. The van der Waals surface area contributed by atoms with Crippen molar-refractivity contribution in [3.8, 4) is 0 Å². The summed E-state index contributed by atoms with van der Waals surface area (Å²) < 4.78 is 13.2. The van der Waals surface area contributed by atoms with Crippen LogP contribution >= 0.6 is 0 Å². The first-order valence-corrected chi connectivity index (χ1v) is 5.15. The minimum Gasteiger partial charge on any atom is -0.390 e. The third-order valence-corrected chi connectivity index (χ3v) is 3.10. The van der Waals surface area contributed by atoms with E-state index in [1.807, 2.05) is 6.07 Å². The molecule has 2 rings (SSSR count). The lowest BCUT2D eigenvalue weighted by Gasteiger charge is -2.36. The fraction of sp³-hybridized carbons (Fsp3) is 0.500. The molecule has 1 saturated carbocycles. The number of hydrogen-bond donors (Lipinski definition) is 1. The van der Waals surface area contributed by atoms with Crippen molar-refractivity contribution in [2.24, 2.45) is 0 Å². The molecule has 1 aliphatic carbocycles. The van der Waals surface area contributed by atoms with E-state index < -0.39 is 5.60 Å². The number of rotatable bonds is 3. The molecule has 1 fully saturated rings. The molecule has 0 amide bonds. The van der Waals surface area contributed by atoms with Gasteiger partial charge >= 0.3 is 0 Å². The summed E-state index contributed by atoms with van der Waals surface area (Å²) in [4.78, 5) is 0. The van der Waals surface area contributed by atoms with Gasteiger partial charge in [0.1, 0.15) is 5.82 Å². The largest absolute Gasteiger partial charge is 0.390 e. The monoisotopic (exact) mass is 194 g/mol. The number of aliphatic hydroxyl groups is 1. The topological polar surface area (TPSA) is 20.2 Å². The molecule has 0 heterocycles. The van der Waals surface area contributed by atoms with Gasteiger partial charge in [0.2, 0.25) is 0 Å². The Hall–Kier alpha value is -0.890. The average molecular weight is 194 g/mol. The van der Waals surface area contributed by atoms with Crippen LogP contribution in [0.4, 0.5) is 4.39 Å². The summed E-state index contributed by atoms with van der Waals surface area (Å²) in [5.41, 5.74) is 0.218. The maximum Gasteiger partial charge on any atom is 0.126 e. The van der Waals surface area contributed by atoms with E-state index >= 15 is 0 Å². The minimum absolute atomic E-state index is 0.157. The molecular formula is C12H15FO. The second-order valence-corrected chi connectivity index (χ2v) is 4.17. The normalized spacial score (nSPS) is 19.0. The van der Waals surface area contributed by atoms with Gasteiger partial charge in [-0.2, -0.15) is 0 Å². The molecule has 1 aliphatic rings. The van der Waals surface area contributed by atoms with Crippen molar-refractivity contribution >= 4 is 0 Å². The molecule has 1 aromatic carbocycles. The van der Waals surface area contributed by atoms with E-state index in [4.69, 9.17) is 0 Å². The Kier molecular flexibility index (Phi) is 2.55. The lowest BCUT2D eigenvalue weighted by atomic mass is 9.76. The van der Waals surface area contributed by atoms with Gasteiger partial charge in [0.25, 0.3) is 0 Å². The molecule has 0 aromatic heterocycles. The molecule has 0 radical (unpaired) electrons. The van der Waals surface area contributed by atoms with Crippen LogP contribution < -0.4 is 0 Å². The first kappa shape index (κ1) is 9.66. The Labute approximate surface area is 83.6 Å². The number of hydrogen-bond acceptors (Lipinski definition) is 1. The SMILES string of the molecule is OC1(CCc2ccccc2F)CCC1. The standard InChI is InChI=1S/C12H15FO/c13-11-5-2-1-4-10(11)6-9-12(14)7-3-8-12/h1-2,4-5,14H,3,6-9H2. The number of benzene rings is 1. The van der Waals surface area contributed by atoms with Gasteiger partial charge in [0.05, 0.1) is 5.60 Å². The van der Waals surface area contributed by atoms with Gasteiger partial charge in [0, 0.05) is 0 Å². The maximum absolute atomic E-state index is 13.2. The van der Waals surface area contributed by atoms with Gasteiger partial charge < -0.3 is 5.11 Å². The van der Waals surface area contributed by atoms with Crippen LogP contribution in [-0.4, -0.2) is 10.7 Å². The van der Waals surface area contributed by atoms with E-state index in [0.717, 1.165) is 19.3 Å². The van der Waals surface area contributed by atoms with E-state index in [1.165, 1.54) is 6.07 Å². The molecule has 2 heteroatoms. The maximum atomic E-state index is 13.2. The molecule has 1 aromatic rings. The fourth-order valence-electron chi connectivity index (χ4n) is 1.90. The molecule has 1 N–H and O–H groups in total. The molecule has 76 valence electrons. The Morgan fingerprint density at radius 3 is 2.57 bits per heavy atom. The highest BCUT2D eigenvalue weighted by molar-refractivity contribution is 5.17. The van der Waals surface area contributed by atoms with Gasteiger partial charge in [0.15, 0.2) is 0 Å². The molecule has 0 bridgehead atoms. The molecule has 1 nitrogen and oxygen atoms in total. The molecular weight excluding hydrogens is 179 g/mol. The molecule has 0 atom stereocenters. The highest BCUT2D eigenvalue weighted by atomic mass is 19.1. The summed E-state index contributed by atoms with van der Waals surface area (Å²) in [6.07, 6.45) is 4.19. The van der Waals surface area contributed by atoms with Gasteiger partial charge in [-0.05, 0) is 43.7 Å². The number of aryl methyl sites for hydroxylation is 1. The van der Waals surface area contributed by atoms with Crippen molar-refractivity contribution in [1.29, 1.82) is 0 Å². The van der Waals surface area contributed by atoms with Crippen molar-refractivity contribution < 1.29 is 9.50 Å². The zero-order valence-electron chi connectivity index (χ0n) is 8.17. The minimum atomic E-state index is -0.498. The zero-order valence-corrected chi connectivity index (χ0v) is 8.17. The summed E-state index contributed by atoms with van der Waals surface area (Å²) >= 11 is 0. The van der Waals surface area contributed by atoms with Crippen molar-refractivity contribution in [2.45, 2.75) is 37.7 Å². The Balaban J connectivity index is 1.95. The first-order chi connectivity index (χ1) is 6.70. The van der Waals surface area contributed by atoms with E-state index in [1.54, 1.807) is 12.1 Å². The average Bonchev–Trinajstić information content (AvgIpc) is 2.14. The van der Waals surface area contributed by atoms with E-state index in [-0.39, 0.29) is 5.82 Å². The van der Waals surface area contributed by atoms with Crippen LogP contribution in [0.25, 0.3) is 0 Å². The molecule has 0 saturated heterocycles. The zero-order chi connectivity index (χ0) is 10.0. The van der Waals surface area contributed by atoms with Crippen LogP contribution in [-0.2, 0) is 6.42 Å².